The lowest BCUT2D eigenvalue weighted by Crippen LogP contribution is -2.12. The van der Waals surface area contributed by atoms with Gasteiger partial charge in [-0.15, -0.1) is 0 Å². The fraction of sp³-hybridized carbons (Fsp3) is 0.222. The molecule has 3 aromatic rings. The van der Waals surface area contributed by atoms with Gasteiger partial charge < -0.3 is 10.6 Å². The van der Waals surface area contributed by atoms with Crippen molar-refractivity contribution in [3.63, 3.8) is 0 Å². The number of alkyl halides is 3. The molecule has 3 aromatic heterocycles. The van der Waals surface area contributed by atoms with E-state index in [9.17, 15) is 13.2 Å². The van der Waals surface area contributed by atoms with Gasteiger partial charge in [-0.3, -0.25) is 4.98 Å². The van der Waals surface area contributed by atoms with Gasteiger partial charge in [0, 0.05) is 24.0 Å². The zero-order chi connectivity index (χ0) is 20.3. The van der Waals surface area contributed by atoms with Crippen LogP contribution in [0.3, 0.4) is 0 Å². The zero-order valence-corrected chi connectivity index (χ0v) is 15.7. The summed E-state index contributed by atoms with van der Waals surface area (Å²) in [7, 11) is 0. The van der Waals surface area contributed by atoms with E-state index < -0.39 is 11.9 Å². The molecule has 6 nitrogen and oxygen atoms in total. The van der Waals surface area contributed by atoms with E-state index in [1.807, 2.05) is 13.8 Å². The highest BCUT2D eigenvalue weighted by Gasteiger charge is 2.32. The highest BCUT2D eigenvalue weighted by molar-refractivity contribution is 6.29. The van der Waals surface area contributed by atoms with Crippen molar-refractivity contribution in [2.75, 3.05) is 10.6 Å². The van der Waals surface area contributed by atoms with E-state index in [2.05, 4.69) is 30.6 Å². The zero-order valence-electron chi connectivity index (χ0n) is 14.9. The summed E-state index contributed by atoms with van der Waals surface area (Å²) in [5.74, 6) is 1.07. The number of hydrogen-bond acceptors (Lipinski definition) is 6. The minimum Gasteiger partial charge on any atom is -0.368 e. The molecule has 0 fully saturated rings. The molecular weight excluding hydrogens is 393 g/mol. The summed E-state index contributed by atoms with van der Waals surface area (Å²) in [4.78, 5) is 16.3. The molecule has 0 saturated carbocycles. The maximum absolute atomic E-state index is 12.9. The molecule has 0 aliphatic carbocycles. The third kappa shape index (κ3) is 5.07. The van der Waals surface area contributed by atoms with E-state index in [1.54, 1.807) is 24.3 Å². The molecule has 0 aromatic carbocycles. The van der Waals surface area contributed by atoms with E-state index in [0.717, 1.165) is 12.3 Å². The second-order valence-corrected chi connectivity index (χ2v) is 6.55. The van der Waals surface area contributed by atoms with Gasteiger partial charge in [-0.2, -0.15) is 13.2 Å². The number of rotatable bonds is 5. The van der Waals surface area contributed by atoms with Crippen molar-refractivity contribution in [2.45, 2.75) is 26.1 Å². The Labute approximate surface area is 164 Å². The molecule has 0 bridgehead atoms. The molecule has 0 amide bonds. The van der Waals surface area contributed by atoms with Crippen LogP contribution in [0, 0.1) is 0 Å². The smallest absolute Gasteiger partial charge is 0.368 e. The van der Waals surface area contributed by atoms with Gasteiger partial charge in [-0.05, 0) is 38.1 Å². The summed E-state index contributed by atoms with van der Waals surface area (Å²) >= 11 is 5.94. The summed E-state index contributed by atoms with van der Waals surface area (Å²) in [5, 5.41) is 6.29. The number of pyridine rings is 2. The summed E-state index contributed by atoms with van der Waals surface area (Å²) in [6.45, 7) is 3.87. The van der Waals surface area contributed by atoms with E-state index in [0.29, 0.717) is 17.3 Å². The van der Waals surface area contributed by atoms with E-state index >= 15 is 0 Å². The van der Waals surface area contributed by atoms with Gasteiger partial charge >= 0.3 is 6.18 Å². The highest BCUT2D eigenvalue weighted by Crippen LogP contribution is 2.30. The van der Waals surface area contributed by atoms with Crippen molar-refractivity contribution in [1.82, 2.24) is 19.9 Å². The third-order valence-electron chi connectivity index (χ3n) is 3.43. The number of nitrogens with one attached hydrogen (secondary N) is 2. The first-order chi connectivity index (χ1) is 13.2. The minimum absolute atomic E-state index is 0.0840. The summed E-state index contributed by atoms with van der Waals surface area (Å²) in [6, 6.07) is 9.04. The molecule has 0 aliphatic rings. The second-order valence-electron chi connectivity index (χ2n) is 6.16. The Hall–Kier alpha value is -2.94. The van der Waals surface area contributed by atoms with E-state index in [1.165, 1.54) is 6.07 Å². The number of aromatic nitrogens is 4. The molecule has 0 spiro atoms. The monoisotopic (exact) mass is 408 g/mol. The fourth-order valence-corrected chi connectivity index (χ4v) is 2.50. The number of hydrogen-bond donors (Lipinski definition) is 2. The lowest BCUT2D eigenvalue weighted by molar-refractivity contribution is -0.141. The van der Waals surface area contributed by atoms with Crippen molar-refractivity contribution in [1.29, 1.82) is 0 Å². The normalized spacial score (nSPS) is 11.5. The quantitative estimate of drug-likeness (QED) is 0.567. The van der Waals surface area contributed by atoms with Gasteiger partial charge in [0.1, 0.15) is 28.2 Å². The van der Waals surface area contributed by atoms with Crippen LogP contribution in [0.1, 0.15) is 19.5 Å². The van der Waals surface area contributed by atoms with Crippen molar-refractivity contribution in [2.24, 2.45) is 0 Å². The van der Waals surface area contributed by atoms with Gasteiger partial charge in [-0.1, -0.05) is 17.7 Å². The molecule has 10 heteroatoms. The average molecular weight is 409 g/mol. The molecule has 0 saturated heterocycles. The third-order valence-corrected chi connectivity index (χ3v) is 3.64. The van der Waals surface area contributed by atoms with Crippen LogP contribution < -0.4 is 10.6 Å². The fourth-order valence-electron chi connectivity index (χ4n) is 2.34. The summed E-state index contributed by atoms with van der Waals surface area (Å²) < 4.78 is 38.7. The van der Waals surface area contributed by atoms with Crippen LogP contribution in [0.25, 0.3) is 11.5 Å². The maximum atomic E-state index is 12.9. The summed E-state index contributed by atoms with van der Waals surface area (Å²) in [5.41, 5.74) is -0.362. The standard InChI is InChI=1S/C18H16ClF3N6/c1-10(2)24-15-9-16(25-11-6-7-23-13(8-11)18(20,21)22)28-17(27-15)12-4-3-5-14(19)26-12/h3-10H,1-2H3,(H2,23,24,25,27,28). The largest absolute Gasteiger partial charge is 0.433 e. The van der Waals surface area contributed by atoms with Gasteiger partial charge in [-0.25, -0.2) is 15.0 Å². The van der Waals surface area contributed by atoms with Crippen molar-refractivity contribution in [3.8, 4) is 11.5 Å². The first-order valence-corrected chi connectivity index (χ1v) is 8.67. The Bertz CT molecular complexity index is 978. The second kappa shape index (κ2) is 7.97. The molecule has 146 valence electrons. The van der Waals surface area contributed by atoms with Crippen molar-refractivity contribution in [3.05, 3.63) is 53.4 Å². The van der Waals surface area contributed by atoms with Crippen LogP contribution in [0.15, 0.2) is 42.6 Å². The predicted molar refractivity (Wildman–Crippen MR) is 102 cm³/mol. The molecule has 3 heterocycles. The highest BCUT2D eigenvalue weighted by atomic mass is 35.5. The van der Waals surface area contributed by atoms with Crippen LogP contribution in [0.5, 0.6) is 0 Å². The first kappa shape index (κ1) is 19.8. The molecule has 0 unspecified atom stereocenters. The van der Waals surface area contributed by atoms with Crippen molar-refractivity contribution < 1.29 is 13.2 Å². The number of nitrogens with zero attached hydrogens (tertiary/aromatic N) is 4. The minimum atomic E-state index is -4.54. The Kier molecular flexibility index (Phi) is 5.64. The van der Waals surface area contributed by atoms with Crippen LogP contribution in [-0.4, -0.2) is 26.0 Å². The van der Waals surface area contributed by atoms with Gasteiger partial charge in [0.15, 0.2) is 5.82 Å². The van der Waals surface area contributed by atoms with Gasteiger partial charge in [0.2, 0.25) is 0 Å². The number of halogens is 4. The number of anilines is 3. The Morgan fingerprint density at radius 2 is 1.75 bits per heavy atom. The van der Waals surface area contributed by atoms with Crippen LogP contribution in [0.2, 0.25) is 5.15 Å². The molecule has 2 N–H and O–H groups in total. The lowest BCUT2D eigenvalue weighted by Gasteiger charge is -2.14. The van der Waals surface area contributed by atoms with E-state index in [-0.39, 0.29) is 22.7 Å². The van der Waals surface area contributed by atoms with Crippen molar-refractivity contribution >= 4 is 28.9 Å². The molecule has 0 radical (unpaired) electrons. The summed E-state index contributed by atoms with van der Waals surface area (Å²) in [6.07, 6.45) is -3.46. The Balaban J connectivity index is 1.99. The Morgan fingerprint density at radius 3 is 2.43 bits per heavy atom. The van der Waals surface area contributed by atoms with Crippen LogP contribution in [-0.2, 0) is 6.18 Å². The van der Waals surface area contributed by atoms with Crippen LogP contribution in [0.4, 0.5) is 30.5 Å². The molecule has 28 heavy (non-hydrogen) atoms. The van der Waals surface area contributed by atoms with Crippen LogP contribution >= 0.6 is 11.6 Å². The van der Waals surface area contributed by atoms with E-state index in [4.69, 9.17) is 11.6 Å². The maximum Gasteiger partial charge on any atom is 0.433 e. The molecule has 0 atom stereocenters. The topological polar surface area (TPSA) is 75.6 Å². The molecular formula is C18H16ClF3N6. The Morgan fingerprint density at radius 1 is 1.00 bits per heavy atom. The van der Waals surface area contributed by atoms with Gasteiger partial charge in [0.25, 0.3) is 0 Å². The SMILES string of the molecule is CC(C)Nc1cc(Nc2ccnc(C(F)(F)F)c2)nc(-c2cccc(Cl)n2)n1. The molecule has 0 aliphatic heterocycles. The molecule has 3 rings (SSSR count). The first-order valence-electron chi connectivity index (χ1n) is 8.29. The average Bonchev–Trinajstić information content (AvgIpc) is 2.60. The lowest BCUT2D eigenvalue weighted by atomic mass is 10.3. The predicted octanol–water partition coefficient (Wildman–Crippen LogP) is 5.17. The van der Waals surface area contributed by atoms with Gasteiger partial charge in [0.05, 0.1) is 0 Å².